The average Bonchev–Trinajstić information content (AvgIpc) is 0.866. The lowest BCUT2D eigenvalue weighted by Crippen LogP contribution is -2.49. The third-order valence-electron chi connectivity index (χ3n) is 22.8. The number of nitrogens with one attached hydrogen (secondary N) is 1. The molecule has 2 saturated carbocycles. The first-order chi connectivity index (χ1) is 43.2. The number of aliphatic hydroxyl groups excluding tert-OH is 3. The maximum Gasteiger partial charge on any atom is 0.238 e. The van der Waals surface area contributed by atoms with E-state index < -0.39 is 41.0 Å². The van der Waals surface area contributed by atoms with Crippen molar-refractivity contribution in [1.82, 2.24) is 5.32 Å². The molecule has 14 atom stereocenters. The molecule has 0 amide bonds. The van der Waals surface area contributed by atoms with Gasteiger partial charge in [0, 0.05) is 58.9 Å². The number of hydrogen-bond acceptors (Lipinski definition) is 15. The first-order valence-electron chi connectivity index (χ1n) is 33.1. The van der Waals surface area contributed by atoms with Crippen molar-refractivity contribution in [2.75, 3.05) is 18.9 Å². The summed E-state index contributed by atoms with van der Waals surface area (Å²) in [5.74, 6) is 1.33. The molecule has 21 rings (SSSR count). The molecule has 4 fully saturated rings. The van der Waals surface area contributed by atoms with Gasteiger partial charge in [0.25, 0.3) is 0 Å². The number of fused-ring (bicyclic) bond motifs is 8. The lowest BCUT2D eigenvalue weighted by Gasteiger charge is -2.52. The summed E-state index contributed by atoms with van der Waals surface area (Å²) < 4.78 is 14.2. The molecule has 2 saturated heterocycles. The van der Waals surface area contributed by atoms with Crippen LogP contribution in [0.3, 0.4) is 0 Å². The van der Waals surface area contributed by atoms with E-state index in [0.717, 1.165) is 109 Å². The van der Waals surface area contributed by atoms with Gasteiger partial charge in [0.05, 0.1) is 28.6 Å². The van der Waals surface area contributed by atoms with E-state index in [1.54, 1.807) is 32.4 Å². The van der Waals surface area contributed by atoms with E-state index in [-0.39, 0.29) is 98.7 Å². The summed E-state index contributed by atoms with van der Waals surface area (Å²) in [6, 6.07) is 28.2. The van der Waals surface area contributed by atoms with Crippen molar-refractivity contribution in [2.24, 2.45) is 35.5 Å². The van der Waals surface area contributed by atoms with Crippen LogP contribution in [0.15, 0.2) is 88.1 Å². The summed E-state index contributed by atoms with van der Waals surface area (Å²) >= 11 is 0. The molecular formula is C74H81NO10S4. The second-order valence-corrected chi connectivity index (χ2v) is 33.8. The van der Waals surface area contributed by atoms with Gasteiger partial charge in [-0.25, -0.2) is 0 Å². The van der Waals surface area contributed by atoms with Crippen LogP contribution in [0.4, 0.5) is 0 Å². The lowest BCUT2D eigenvalue weighted by molar-refractivity contribution is -0.111. The Kier molecular flexibility index (Phi) is 15.5. The van der Waals surface area contributed by atoms with Gasteiger partial charge in [-0.15, -0.1) is 0 Å². The molecule has 11 heterocycles. The number of hydrogen-bond donors (Lipinski definition) is 8. The third-order valence-corrected chi connectivity index (χ3v) is 28.4. The Morgan fingerprint density at radius 1 is 0.787 bits per heavy atom. The molecule has 4 aliphatic carbocycles. The zero-order chi connectivity index (χ0) is 60.7. The fraction of sp³-hybridized carbons (Fsp3) is 0.500. The maximum absolute atomic E-state index is 15.9. The molecule has 22 bridgehead atoms. The van der Waals surface area contributed by atoms with E-state index in [1.165, 1.54) is 28.3 Å². The van der Waals surface area contributed by atoms with Crippen LogP contribution in [0, 0.1) is 35.5 Å². The third kappa shape index (κ3) is 10.2. The van der Waals surface area contributed by atoms with Crippen molar-refractivity contribution >= 4 is 64.9 Å². The van der Waals surface area contributed by atoms with E-state index in [9.17, 15) is 35.7 Å². The minimum atomic E-state index is -1.01. The first kappa shape index (κ1) is 59.2. The zero-order valence-corrected chi connectivity index (χ0v) is 54.0. The lowest BCUT2D eigenvalue weighted by atomic mass is 9.56. The molecule has 6 aromatic carbocycles. The van der Waals surface area contributed by atoms with Crippen molar-refractivity contribution in [2.45, 2.75) is 175 Å². The summed E-state index contributed by atoms with van der Waals surface area (Å²) in [6.07, 6.45) is 9.01. The summed E-state index contributed by atoms with van der Waals surface area (Å²) in [6.45, 7) is 5.05. The van der Waals surface area contributed by atoms with Crippen molar-refractivity contribution in [3.63, 3.8) is 0 Å². The van der Waals surface area contributed by atoms with Crippen molar-refractivity contribution < 1.29 is 44.9 Å². The number of piperidine rings is 1. The normalized spacial score (nSPS) is 31.2. The number of aliphatic hydroxyl groups is 4. The Labute approximate surface area is 536 Å². The molecule has 89 heavy (non-hydrogen) atoms. The van der Waals surface area contributed by atoms with Crippen LogP contribution >= 0.6 is 43.2 Å². The topological polar surface area (TPSA) is 193 Å². The number of phenolic OH excluding ortho intramolecular Hbond substituents is 2. The largest absolute Gasteiger partial charge is 0.507 e. The number of benzene rings is 6. The van der Waals surface area contributed by atoms with E-state index in [2.05, 4.69) is 85.9 Å². The molecule has 466 valence electrons. The van der Waals surface area contributed by atoms with Crippen LogP contribution in [0.25, 0.3) is 44.2 Å². The Bertz CT molecular complexity index is 4020. The molecule has 0 spiro atoms. The number of ether oxygens (including phenoxy) is 1. The Balaban J connectivity index is 0.925. The molecule has 15 heteroatoms. The zero-order valence-electron chi connectivity index (χ0n) is 50.7. The molecule has 10 aliphatic heterocycles. The molecule has 11 nitrogen and oxygen atoms in total. The van der Waals surface area contributed by atoms with E-state index >= 15 is 4.79 Å². The summed E-state index contributed by atoms with van der Waals surface area (Å²) in [5.41, 5.74) is 11.0. The van der Waals surface area contributed by atoms with E-state index in [4.69, 9.17) is 9.15 Å². The Morgan fingerprint density at radius 3 is 2.44 bits per heavy atom. The maximum atomic E-state index is 15.9. The van der Waals surface area contributed by atoms with Gasteiger partial charge in [0.1, 0.15) is 34.3 Å². The highest BCUT2D eigenvalue weighted by Gasteiger charge is 2.51. The quantitative estimate of drug-likeness (QED) is 0.0776. The first-order valence-corrected chi connectivity index (χ1v) is 37.8. The Morgan fingerprint density at radius 2 is 1.62 bits per heavy atom. The van der Waals surface area contributed by atoms with Gasteiger partial charge in [-0.05, 0) is 228 Å². The van der Waals surface area contributed by atoms with Gasteiger partial charge >= 0.3 is 0 Å². The summed E-state index contributed by atoms with van der Waals surface area (Å²) in [5, 5.41) is 94.1. The van der Waals surface area contributed by atoms with Crippen LogP contribution in [0.2, 0.25) is 0 Å². The molecule has 14 unspecified atom stereocenters. The number of rotatable bonds is 4. The van der Waals surface area contributed by atoms with Gasteiger partial charge in [-0.3, -0.25) is 4.79 Å². The smallest absolute Gasteiger partial charge is 0.238 e. The van der Waals surface area contributed by atoms with Gasteiger partial charge < -0.3 is 50.2 Å². The number of aromatic hydroxyl groups is 3. The second-order valence-electron chi connectivity index (χ2n) is 28.6. The van der Waals surface area contributed by atoms with Crippen molar-refractivity contribution in [3.8, 4) is 45.4 Å². The van der Waals surface area contributed by atoms with Gasteiger partial charge in [0.2, 0.25) is 11.2 Å². The highest BCUT2D eigenvalue weighted by molar-refractivity contribution is 8.77. The number of phenols is 2. The Hall–Kier alpha value is -4.81. The van der Waals surface area contributed by atoms with Crippen LogP contribution in [-0.2, 0) is 37.9 Å². The van der Waals surface area contributed by atoms with Gasteiger partial charge in [-0.1, -0.05) is 118 Å². The standard InChI is InChI=1S/C74H81NO10S4/c1-36(2)21-45-29-52-55-35-87-88-60-27-41(34-75-66(60)43-6-3-5-39(24-43)26-51(55)67(45)79)23-38-10-8-37(9-11-38)22-40-16-18-74(83)33-44(12-14-46(74)25-40)49-28-42-13-15-48-64-61(42)50(47(49)17-19-76)30-53-62(64)54-31-58(56(77)7-4-20-86-89-73(48)68(54)80)84-72-63(53)57(78)32-59-65(72)69(81)70(82)71(52)85-59/h3,5-6,8-11,13,15,24,29-30,32,36,40-41,44,46-47,49,54,56,58,60,66,68,73,75-80,82-83H,4,7,12,14,16-23,25-28,31,33-35H2,1-2H3. The molecule has 7 aromatic rings. The minimum absolute atomic E-state index is 0.000523. The fourth-order valence-corrected chi connectivity index (χ4v) is 24.6. The van der Waals surface area contributed by atoms with Crippen LogP contribution < -0.4 is 15.5 Å². The predicted molar refractivity (Wildman–Crippen MR) is 360 cm³/mol. The van der Waals surface area contributed by atoms with E-state index in [0.29, 0.717) is 78.4 Å². The van der Waals surface area contributed by atoms with E-state index in [1.807, 2.05) is 16.9 Å². The monoisotopic (exact) mass is 1270 g/mol. The average molecular weight is 1270 g/mol. The second kappa shape index (κ2) is 23.3. The van der Waals surface area contributed by atoms with Crippen LogP contribution in [0.1, 0.15) is 169 Å². The SMILES string of the molecule is CC(C)Cc1cc2c3c(c1O)Cc1cccc(c1)C1NCC(Cc4ccc(cc4)CC4CCC5(O)CC(CCC5C4)C4Cc5ccc6c7c8c(cc(c57)C4CCO)-c4c(O)cc5oc-2c(O)c(=O)c5c4OC2CC8C(O)C6SSCCCC2O)CC1SSC3. The van der Waals surface area contributed by atoms with Crippen LogP contribution in [0.5, 0.6) is 23.0 Å². The molecular weight excluding hydrogens is 1190 g/mol. The minimum Gasteiger partial charge on any atom is -0.507 e. The van der Waals surface area contributed by atoms with Crippen LogP contribution in [-0.4, -0.2) is 83.8 Å². The molecule has 14 aliphatic rings. The molecule has 0 radical (unpaired) electrons. The molecule has 1 aromatic heterocycles. The molecule has 8 N–H and O–H groups in total. The highest BCUT2D eigenvalue weighted by Crippen LogP contribution is 2.63. The summed E-state index contributed by atoms with van der Waals surface area (Å²) in [4.78, 5) is 15.9. The van der Waals surface area contributed by atoms with Gasteiger partial charge in [0.15, 0.2) is 5.76 Å². The predicted octanol–water partition coefficient (Wildman–Crippen LogP) is 14.7. The van der Waals surface area contributed by atoms with Crippen molar-refractivity contribution in [3.05, 3.63) is 150 Å². The fourth-order valence-electron chi connectivity index (χ4n) is 18.7. The summed E-state index contributed by atoms with van der Waals surface area (Å²) in [7, 11) is 6.96. The van der Waals surface area contributed by atoms with Crippen molar-refractivity contribution in [1.29, 1.82) is 0 Å². The highest BCUT2D eigenvalue weighted by atomic mass is 33.1. The van der Waals surface area contributed by atoms with Gasteiger partial charge in [-0.2, -0.15) is 0 Å².